The average molecular weight is 251 g/mol. The minimum Gasteiger partial charge on any atom is -0.384 e. The lowest BCUT2D eigenvalue weighted by molar-refractivity contribution is 0.0869. The molecular formula is C13H27F2NO. The molecule has 1 aliphatic heterocycles. The maximum atomic E-state index is 12.0. The number of hydrogen-bond acceptors (Lipinski definition) is 2. The van der Waals surface area contributed by atoms with Crippen molar-refractivity contribution in [2.75, 3.05) is 33.4 Å². The molecule has 0 bridgehead atoms. The van der Waals surface area contributed by atoms with Crippen LogP contribution in [0, 0.1) is 17.8 Å². The van der Waals surface area contributed by atoms with E-state index in [2.05, 4.69) is 0 Å². The number of hydrogen-bond donors (Lipinski definition) is 0. The third kappa shape index (κ3) is 4.88. The highest BCUT2D eigenvalue weighted by Crippen LogP contribution is 2.51. The fourth-order valence-corrected chi connectivity index (χ4v) is 2.52. The summed E-state index contributed by atoms with van der Waals surface area (Å²) in [4.78, 5) is 1.87. The maximum Gasteiger partial charge on any atom is 0.251 e. The highest BCUT2D eigenvalue weighted by molar-refractivity contribution is 5.04. The second-order valence-corrected chi connectivity index (χ2v) is 4.06. The van der Waals surface area contributed by atoms with Gasteiger partial charge in [0.1, 0.15) is 0 Å². The van der Waals surface area contributed by atoms with Gasteiger partial charge in [-0.1, -0.05) is 27.7 Å². The van der Waals surface area contributed by atoms with Crippen LogP contribution < -0.4 is 0 Å². The van der Waals surface area contributed by atoms with Crippen LogP contribution in [0.25, 0.3) is 0 Å². The molecule has 2 nitrogen and oxygen atoms in total. The standard InChI is InChI=1S/C9H15F2NO.2C2H6/c1-13-5-8-6-2-12(3-7(6)8)4-9(10)11;2*1-2/h6-9H,2-5H2,1H3;2*1-2H3/t6-,7+,8?;;. The predicted octanol–water partition coefficient (Wildman–Crippen LogP) is 3.13. The Morgan fingerprint density at radius 3 is 1.94 bits per heavy atom. The molecule has 1 aliphatic carbocycles. The zero-order valence-corrected chi connectivity index (χ0v) is 11.7. The molecule has 2 rings (SSSR count). The summed E-state index contributed by atoms with van der Waals surface area (Å²) in [5, 5.41) is 0. The molecule has 0 aromatic heterocycles. The largest absolute Gasteiger partial charge is 0.384 e. The molecule has 0 aromatic carbocycles. The van der Waals surface area contributed by atoms with Gasteiger partial charge >= 0.3 is 0 Å². The molecule has 1 saturated heterocycles. The summed E-state index contributed by atoms with van der Waals surface area (Å²) in [5.74, 6) is 1.93. The van der Waals surface area contributed by atoms with E-state index in [4.69, 9.17) is 4.74 Å². The van der Waals surface area contributed by atoms with Gasteiger partial charge in [0.05, 0.1) is 6.54 Å². The Hall–Kier alpha value is -0.220. The van der Waals surface area contributed by atoms with E-state index in [1.807, 2.05) is 32.6 Å². The van der Waals surface area contributed by atoms with Crippen molar-refractivity contribution in [1.29, 1.82) is 0 Å². The minimum atomic E-state index is -2.18. The summed E-state index contributed by atoms with van der Waals surface area (Å²) in [7, 11) is 1.70. The van der Waals surface area contributed by atoms with Crippen LogP contribution >= 0.6 is 0 Å². The molecular weight excluding hydrogens is 224 g/mol. The van der Waals surface area contributed by atoms with E-state index in [0.29, 0.717) is 17.8 Å². The van der Waals surface area contributed by atoms with E-state index >= 15 is 0 Å². The quantitative estimate of drug-likeness (QED) is 0.761. The van der Waals surface area contributed by atoms with Crippen molar-refractivity contribution in [1.82, 2.24) is 4.90 Å². The number of piperidine rings is 1. The van der Waals surface area contributed by atoms with E-state index in [-0.39, 0.29) is 6.54 Å². The maximum absolute atomic E-state index is 12.0. The van der Waals surface area contributed by atoms with Gasteiger partial charge in [-0.05, 0) is 17.8 Å². The van der Waals surface area contributed by atoms with Crippen LogP contribution in [-0.2, 0) is 4.74 Å². The van der Waals surface area contributed by atoms with Gasteiger partial charge in [0.25, 0.3) is 6.43 Å². The van der Waals surface area contributed by atoms with Crippen LogP contribution in [0.15, 0.2) is 0 Å². The lowest BCUT2D eigenvalue weighted by atomic mass is 10.3. The number of fused-ring (bicyclic) bond motifs is 1. The van der Waals surface area contributed by atoms with Gasteiger partial charge in [-0.15, -0.1) is 0 Å². The van der Waals surface area contributed by atoms with Gasteiger partial charge < -0.3 is 4.74 Å². The summed E-state index contributed by atoms with van der Waals surface area (Å²) in [6.07, 6.45) is -2.18. The van der Waals surface area contributed by atoms with Gasteiger partial charge in [-0.3, -0.25) is 4.90 Å². The number of rotatable bonds is 4. The highest BCUT2D eigenvalue weighted by Gasteiger charge is 2.55. The van der Waals surface area contributed by atoms with Crippen molar-refractivity contribution in [3.05, 3.63) is 0 Å². The molecule has 0 aromatic rings. The van der Waals surface area contributed by atoms with Crippen LogP contribution in [0.1, 0.15) is 27.7 Å². The summed E-state index contributed by atoms with van der Waals surface area (Å²) in [6.45, 7) is 10.5. The van der Waals surface area contributed by atoms with Crippen molar-refractivity contribution >= 4 is 0 Å². The molecule has 17 heavy (non-hydrogen) atoms. The van der Waals surface area contributed by atoms with Crippen molar-refractivity contribution in [3.8, 4) is 0 Å². The van der Waals surface area contributed by atoms with Crippen molar-refractivity contribution in [3.63, 3.8) is 0 Å². The molecule has 1 saturated carbocycles. The zero-order chi connectivity index (χ0) is 13.4. The van der Waals surface area contributed by atoms with Crippen molar-refractivity contribution < 1.29 is 13.5 Å². The molecule has 104 valence electrons. The third-order valence-corrected chi connectivity index (χ3v) is 3.20. The Morgan fingerprint density at radius 1 is 1.12 bits per heavy atom. The number of ether oxygens (including phenoxy) is 1. The average Bonchev–Trinajstić information content (AvgIpc) is 2.78. The summed E-state index contributed by atoms with van der Waals surface area (Å²) in [6, 6.07) is 0. The first-order chi connectivity index (χ1) is 8.22. The van der Waals surface area contributed by atoms with Crippen molar-refractivity contribution in [2.45, 2.75) is 34.1 Å². The van der Waals surface area contributed by atoms with E-state index in [1.165, 1.54) is 0 Å². The van der Waals surface area contributed by atoms with Gasteiger partial charge in [0, 0.05) is 26.8 Å². The fourth-order valence-electron chi connectivity index (χ4n) is 2.52. The first-order valence-corrected chi connectivity index (χ1v) is 6.72. The Bertz CT molecular complexity index is 178. The Morgan fingerprint density at radius 2 is 1.59 bits per heavy atom. The Balaban J connectivity index is 0.000000581. The summed E-state index contributed by atoms with van der Waals surface area (Å²) < 4.78 is 29.1. The Labute approximate surface area is 104 Å². The zero-order valence-electron chi connectivity index (χ0n) is 11.7. The van der Waals surface area contributed by atoms with Crippen LogP contribution in [-0.4, -0.2) is 44.7 Å². The van der Waals surface area contributed by atoms with E-state index < -0.39 is 6.43 Å². The normalized spacial score (nSPS) is 30.0. The highest BCUT2D eigenvalue weighted by atomic mass is 19.3. The van der Waals surface area contributed by atoms with Crippen LogP contribution in [0.3, 0.4) is 0 Å². The van der Waals surface area contributed by atoms with Gasteiger partial charge in [0.2, 0.25) is 0 Å². The van der Waals surface area contributed by atoms with Gasteiger partial charge in [-0.2, -0.15) is 0 Å². The number of alkyl halides is 2. The summed E-state index contributed by atoms with van der Waals surface area (Å²) in [5.41, 5.74) is 0. The molecule has 4 heteroatoms. The lowest BCUT2D eigenvalue weighted by Crippen LogP contribution is -2.30. The molecule has 2 aliphatic rings. The predicted molar refractivity (Wildman–Crippen MR) is 67.5 cm³/mol. The number of likely N-dealkylation sites (tertiary alicyclic amines) is 1. The molecule has 2 fully saturated rings. The topological polar surface area (TPSA) is 12.5 Å². The number of halogens is 2. The lowest BCUT2D eigenvalue weighted by Gasteiger charge is -2.18. The monoisotopic (exact) mass is 251 g/mol. The second kappa shape index (κ2) is 8.81. The Kier molecular flexibility index (Phi) is 8.70. The first-order valence-electron chi connectivity index (χ1n) is 6.72. The summed E-state index contributed by atoms with van der Waals surface area (Å²) >= 11 is 0. The minimum absolute atomic E-state index is 0.0489. The molecule has 1 unspecified atom stereocenters. The molecule has 0 N–H and O–H groups in total. The van der Waals surface area contributed by atoms with E-state index in [1.54, 1.807) is 7.11 Å². The molecule has 0 radical (unpaired) electrons. The van der Waals surface area contributed by atoms with E-state index in [0.717, 1.165) is 19.7 Å². The third-order valence-electron chi connectivity index (χ3n) is 3.20. The van der Waals surface area contributed by atoms with Gasteiger partial charge in [-0.25, -0.2) is 8.78 Å². The van der Waals surface area contributed by atoms with Gasteiger partial charge in [0.15, 0.2) is 0 Å². The number of nitrogens with zero attached hydrogens (tertiary/aromatic N) is 1. The van der Waals surface area contributed by atoms with E-state index in [9.17, 15) is 8.78 Å². The molecule has 0 spiro atoms. The van der Waals surface area contributed by atoms with Crippen molar-refractivity contribution in [2.24, 2.45) is 17.8 Å². The SMILES string of the molecule is CC.CC.COCC1[C@H]2CN(CC(F)F)C[C@@H]12. The molecule has 1 heterocycles. The second-order valence-electron chi connectivity index (χ2n) is 4.06. The smallest absolute Gasteiger partial charge is 0.251 e. The molecule has 3 atom stereocenters. The van der Waals surface area contributed by atoms with Crippen LogP contribution in [0.5, 0.6) is 0 Å². The number of methoxy groups -OCH3 is 1. The fraction of sp³-hybridized carbons (Fsp3) is 1.00. The molecule has 0 amide bonds. The first kappa shape index (κ1) is 16.8. The van der Waals surface area contributed by atoms with Crippen LogP contribution in [0.2, 0.25) is 0 Å². The van der Waals surface area contributed by atoms with Crippen LogP contribution in [0.4, 0.5) is 8.78 Å².